The van der Waals surface area contributed by atoms with Gasteiger partial charge in [-0.2, -0.15) is 0 Å². The molecule has 0 aliphatic carbocycles. The van der Waals surface area contributed by atoms with Gasteiger partial charge in [-0.05, 0) is 69.5 Å². The lowest BCUT2D eigenvalue weighted by atomic mass is 10.0. The normalized spacial score (nSPS) is 16.6. The molecule has 0 saturated heterocycles. The van der Waals surface area contributed by atoms with Gasteiger partial charge in [-0.1, -0.05) is 0 Å². The topological polar surface area (TPSA) is 92.3 Å². The van der Waals surface area contributed by atoms with Gasteiger partial charge in [-0.3, -0.25) is 4.79 Å². The minimum absolute atomic E-state index is 0.0391. The molecule has 1 amide bonds. The Bertz CT molecular complexity index is 1390. The predicted molar refractivity (Wildman–Crippen MR) is 138 cm³/mol. The van der Waals surface area contributed by atoms with Gasteiger partial charge in [-0.25, -0.2) is 23.7 Å². The summed E-state index contributed by atoms with van der Waals surface area (Å²) in [6.45, 7) is 8.98. The molecule has 0 spiro atoms. The minimum atomic E-state index is -0.677. The first-order valence-corrected chi connectivity index (χ1v) is 12.1. The van der Waals surface area contributed by atoms with E-state index in [4.69, 9.17) is 4.74 Å². The van der Waals surface area contributed by atoms with E-state index in [-0.39, 0.29) is 34.9 Å². The van der Waals surface area contributed by atoms with Crippen LogP contribution in [0.5, 0.6) is 5.75 Å². The summed E-state index contributed by atoms with van der Waals surface area (Å²) in [4.78, 5) is 26.4. The van der Waals surface area contributed by atoms with Crippen LogP contribution in [0.25, 0.3) is 16.8 Å². The molecule has 0 radical (unpaired) electrons. The average molecular weight is 507 g/mol. The van der Waals surface area contributed by atoms with Crippen molar-refractivity contribution in [1.29, 1.82) is 0 Å². The van der Waals surface area contributed by atoms with Crippen molar-refractivity contribution in [2.45, 2.75) is 45.8 Å². The van der Waals surface area contributed by atoms with Gasteiger partial charge in [0, 0.05) is 30.4 Å². The standard InChI is InChI=1S/C27H28F2N6O2/c1-15(2)35-14-27(3,4)37-25-19(28)9-18(10-21(25)35)24-20(29)13-32-26(34-24)33-22-6-5-17(12-31-22)16-7-8-30-23(36)11-16/h5-6,9-13,15H,7-8,14H2,1-4H3,(H,30,36)(H,31,32,33,34). The molecular formula is C27H28F2N6O2. The van der Waals surface area contributed by atoms with Gasteiger partial charge < -0.3 is 20.3 Å². The Labute approximate surface area is 213 Å². The number of pyridine rings is 1. The molecule has 0 saturated carbocycles. The zero-order valence-electron chi connectivity index (χ0n) is 21.1. The summed E-state index contributed by atoms with van der Waals surface area (Å²) >= 11 is 0. The molecule has 0 fully saturated rings. The van der Waals surface area contributed by atoms with Crippen LogP contribution in [-0.4, -0.2) is 45.6 Å². The summed E-state index contributed by atoms with van der Waals surface area (Å²) in [5.74, 6) is -0.674. The molecule has 4 heterocycles. The number of amides is 1. The minimum Gasteiger partial charge on any atom is -0.481 e. The van der Waals surface area contributed by atoms with Crippen molar-refractivity contribution in [3.05, 3.63) is 59.9 Å². The summed E-state index contributed by atoms with van der Waals surface area (Å²) in [7, 11) is 0. The molecule has 5 rings (SSSR count). The van der Waals surface area contributed by atoms with Crippen LogP contribution in [0.1, 0.15) is 39.7 Å². The van der Waals surface area contributed by atoms with Crippen LogP contribution in [0.3, 0.4) is 0 Å². The fraction of sp³-hybridized carbons (Fsp3) is 0.333. The molecule has 0 unspecified atom stereocenters. The van der Waals surface area contributed by atoms with E-state index in [1.165, 1.54) is 6.07 Å². The number of fused-ring (bicyclic) bond motifs is 1. The smallest absolute Gasteiger partial charge is 0.244 e. The van der Waals surface area contributed by atoms with Crippen molar-refractivity contribution in [3.63, 3.8) is 0 Å². The maximum atomic E-state index is 15.2. The van der Waals surface area contributed by atoms with Crippen molar-refractivity contribution >= 4 is 28.9 Å². The van der Waals surface area contributed by atoms with Crippen molar-refractivity contribution in [2.24, 2.45) is 0 Å². The number of rotatable bonds is 5. The number of anilines is 3. The highest BCUT2D eigenvalue weighted by molar-refractivity contribution is 5.96. The Kier molecular flexibility index (Phi) is 6.26. The Morgan fingerprint density at radius 1 is 1.11 bits per heavy atom. The van der Waals surface area contributed by atoms with E-state index in [0.717, 1.165) is 23.8 Å². The first kappa shape index (κ1) is 24.6. The molecule has 0 bridgehead atoms. The lowest BCUT2D eigenvalue weighted by molar-refractivity contribution is -0.116. The average Bonchev–Trinajstić information content (AvgIpc) is 2.85. The van der Waals surface area contributed by atoms with E-state index in [0.29, 0.717) is 24.6 Å². The quantitative estimate of drug-likeness (QED) is 0.511. The molecule has 8 nitrogen and oxygen atoms in total. The number of carbonyl (C=O) groups excluding carboxylic acids is 1. The molecule has 0 atom stereocenters. The molecular weight excluding hydrogens is 478 g/mol. The molecule has 2 aromatic heterocycles. The maximum Gasteiger partial charge on any atom is 0.244 e. The Hall–Kier alpha value is -4.08. The monoisotopic (exact) mass is 506 g/mol. The van der Waals surface area contributed by atoms with Gasteiger partial charge >= 0.3 is 0 Å². The van der Waals surface area contributed by atoms with Crippen molar-refractivity contribution in [2.75, 3.05) is 23.3 Å². The summed E-state index contributed by atoms with van der Waals surface area (Å²) in [6.07, 6.45) is 4.98. The highest BCUT2D eigenvalue weighted by Crippen LogP contribution is 2.43. The van der Waals surface area contributed by atoms with Crippen LogP contribution in [-0.2, 0) is 4.79 Å². The second-order valence-electron chi connectivity index (χ2n) is 10.0. The number of halogens is 2. The number of nitrogens with zero attached hydrogens (tertiary/aromatic N) is 4. The van der Waals surface area contributed by atoms with Crippen LogP contribution in [0.15, 0.2) is 42.7 Å². The van der Waals surface area contributed by atoms with E-state index in [2.05, 4.69) is 25.6 Å². The van der Waals surface area contributed by atoms with E-state index < -0.39 is 17.2 Å². The number of hydrogen-bond donors (Lipinski definition) is 2. The highest BCUT2D eigenvalue weighted by Gasteiger charge is 2.35. The number of hydrogen-bond acceptors (Lipinski definition) is 7. The predicted octanol–water partition coefficient (Wildman–Crippen LogP) is 4.85. The highest BCUT2D eigenvalue weighted by atomic mass is 19.1. The van der Waals surface area contributed by atoms with Gasteiger partial charge in [0.1, 0.15) is 17.1 Å². The molecule has 1 aromatic carbocycles. The molecule has 37 heavy (non-hydrogen) atoms. The largest absolute Gasteiger partial charge is 0.481 e. The van der Waals surface area contributed by atoms with Crippen LogP contribution >= 0.6 is 0 Å². The third-order valence-corrected chi connectivity index (χ3v) is 6.28. The molecule has 192 valence electrons. The van der Waals surface area contributed by atoms with Gasteiger partial charge in [-0.15, -0.1) is 0 Å². The van der Waals surface area contributed by atoms with Crippen LogP contribution in [0.2, 0.25) is 0 Å². The summed E-state index contributed by atoms with van der Waals surface area (Å²) in [5, 5.41) is 5.72. The molecule has 2 aliphatic heterocycles. The third-order valence-electron chi connectivity index (χ3n) is 6.28. The number of nitrogens with one attached hydrogen (secondary N) is 2. The molecule has 3 aromatic rings. The lowest BCUT2D eigenvalue weighted by Crippen LogP contribution is -2.49. The molecule has 2 aliphatic rings. The van der Waals surface area contributed by atoms with E-state index >= 15 is 4.39 Å². The van der Waals surface area contributed by atoms with Crippen LogP contribution < -0.4 is 20.3 Å². The fourth-order valence-electron chi connectivity index (χ4n) is 4.53. The van der Waals surface area contributed by atoms with Crippen LogP contribution in [0.4, 0.5) is 26.2 Å². The Balaban J connectivity index is 1.44. The van der Waals surface area contributed by atoms with Gasteiger partial charge in [0.2, 0.25) is 11.9 Å². The van der Waals surface area contributed by atoms with Crippen molar-refractivity contribution in [3.8, 4) is 17.0 Å². The van der Waals surface area contributed by atoms with E-state index in [1.807, 2.05) is 38.7 Å². The van der Waals surface area contributed by atoms with Gasteiger partial charge in [0.15, 0.2) is 17.4 Å². The van der Waals surface area contributed by atoms with Crippen molar-refractivity contribution in [1.82, 2.24) is 20.3 Å². The Morgan fingerprint density at radius 2 is 1.92 bits per heavy atom. The molecule has 10 heteroatoms. The van der Waals surface area contributed by atoms with Gasteiger partial charge in [0.05, 0.1) is 18.4 Å². The molecule has 2 N–H and O–H groups in total. The van der Waals surface area contributed by atoms with Crippen molar-refractivity contribution < 1.29 is 18.3 Å². The maximum absolute atomic E-state index is 15.2. The van der Waals surface area contributed by atoms with E-state index in [9.17, 15) is 9.18 Å². The zero-order chi connectivity index (χ0) is 26.3. The first-order chi connectivity index (χ1) is 17.6. The number of carbonyl (C=O) groups is 1. The van der Waals surface area contributed by atoms with Gasteiger partial charge in [0.25, 0.3) is 0 Å². The second kappa shape index (κ2) is 9.42. The SMILES string of the molecule is CC(C)N1CC(C)(C)Oc2c(F)cc(-c3nc(Nc4ccc(C5=CC(=O)NCC5)cn4)ncc3F)cc21. The zero-order valence-corrected chi connectivity index (χ0v) is 21.1. The summed E-state index contributed by atoms with van der Waals surface area (Å²) < 4.78 is 36.0. The fourth-order valence-corrected chi connectivity index (χ4v) is 4.53. The number of benzene rings is 1. The Morgan fingerprint density at radius 3 is 2.62 bits per heavy atom. The summed E-state index contributed by atoms with van der Waals surface area (Å²) in [5.41, 5.74) is 1.96. The number of ether oxygens (including phenoxy) is 1. The first-order valence-electron chi connectivity index (χ1n) is 12.1. The van der Waals surface area contributed by atoms with E-state index in [1.54, 1.807) is 24.4 Å². The summed E-state index contributed by atoms with van der Waals surface area (Å²) in [6, 6.07) is 6.58. The van der Waals surface area contributed by atoms with Crippen LogP contribution in [0, 0.1) is 11.6 Å². The lowest BCUT2D eigenvalue weighted by Gasteiger charge is -2.43. The third kappa shape index (κ3) is 5.09. The second-order valence-corrected chi connectivity index (χ2v) is 10.0. The number of aromatic nitrogens is 3.